The molecule has 1 atom stereocenters. The number of benzene rings is 2. The van der Waals surface area contributed by atoms with Crippen LogP contribution < -0.4 is 10.9 Å². The maximum absolute atomic E-state index is 13.6. The number of thioether (sulfide) groups is 1. The van der Waals surface area contributed by atoms with Crippen molar-refractivity contribution in [2.24, 2.45) is 5.92 Å². The first kappa shape index (κ1) is 24.5. The zero-order chi connectivity index (χ0) is 25.3. The lowest BCUT2D eigenvalue weighted by molar-refractivity contribution is -0.120. The lowest BCUT2D eigenvalue weighted by Gasteiger charge is -2.27. The van der Waals surface area contributed by atoms with Crippen LogP contribution in [0.15, 0.2) is 58.5 Å². The van der Waals surface area contributed by atoms with Gasteiger partial charge in [0.2, 0.25) is 11.7 Å². The zero-order valence-electron chi connectivity index (χ0n) is 20.4. The molecule has 4 rings (SSSR count). The number of carbonyl (C=O) groups is 1. The minimum atomic E-state index is -0.960. The van der Waals surface area contributed by atoms with Crippen molar-refractivity contribution in [3.63, 3.8) is 0 Å². The number of carbonyl (C=O) groups excluding carboxylic acids is 1. The summed E-state index contributed by atoms with van der Waals surface area (Å²) < 4.78 is 3.41. The van der Waals surface area contributed by atoms with E-state index in [-0.39, 0.29) is 29.1 Å². The molecular formula is C26H28N6O2S. The number of hydrogen-bond donors (Lipinski definition) is 1. The third-order valence-corrected chi connectivity index (χ3v) is 7.24. The number of rotatable bonds is 7. The van der Waals surface area contributed by atoms with Crippen LogP contribution in [0.3, 0.4) is 0 Å². The lowest BCUT2D eigenvalue weighted by atomic mass is 9.90. The maximum Gasteiger partial charge on any atom is 0.267 e. The smallest absolute Gasteiger partial charge is 0.267 e. The number of nitrogens with zero attached hydrogens (tertiary/aromatic N) is 5. The Hall–Kier alpha value is -3.64. The quantitative estimate of drug-likeness (QED) is 0.389. The van der Waals surface area contributed by atoms with Crippen LogP contribution in [0.5, 0.6) is 0 Å². The Morgan fingerprint density at radius 1 is 1.11 bits per heavy atom. The Kier molecular flexibility index (Phi) is 6.68. The van der Waals surface area contributed by atoms with Gasteiger partial charge < -0.3 is 5.32 Å². The molecule has 0 spiro atoms. The third-order valence-electron chi connectivity index (χ3n) is 6.31. The molecule has 1 unspecified atom stereocenters. The van der Waals surface area contributed by atoms with Gasteiger partial charge in [0.15, 0.2) is 5.16 Å². The van der Waals surface area contributed by atoms with E-state index in [1.54, 1.807) is 17.6 Å². The average Bonchev–Trinajstić information content (AvgIpc) is 3.26. The van der Waals surface area contributed by atoms with E-state index in [1.165, 1.54) is 11.8 Å². The molecule has 0 fully saturated rings. The summed E-state index contributed by atoms with van der Waals surface area (Å²) in [5.41, 5.74) is 1.31. The van der Waals surface area contributed by atoms with Gasteiger partial charge in [-0.2, -0.15) is 5.26 Å². The predicted molar refractivity (Wildman–Crippen MR) is 138 cm³/mol. The van der Waals surface area contributed by atoms with Gasteiger partial charge in [0.25, 0.3) is 5.56 Å². The van der Waals surface area contributed by atoms with Crippen LogP contribution in [0, 0.1) is 17.2 Å². The first-order valence-corrected chi connectivity index (χ1v) is 12.5. The number of hydrogen-bond acceptors (Lipinski definition) is 6. The molecule has 0 bridgehead atoms. The second kappa shape index (κ2) is 9.55. The van der Waals surface area contributed by atoms with Crippen LogP contribution in [0.4, 0.5) is 0 Å². The Labute approximate surface area is 208 Å². The topological polar surface area (TPSA) is 105 Å². The standard InChI is InChI=1S/C26H28N6O2S/c1-16(2)18-10-6-8-12-20(18)31-23(34)19-11-7-9-13-21(19)32-24(31)29-30-25(32)35-14-22(33)28-26(5,15-27)17(3)4/h6-13,16-17H,14H2,1-5H3,(H,28,33). The molecule has 1 N–H and O–H groups in total. The van der Waals surface area contributed by atoms with E-state index in [2.05, 4.69) is 35.4 Å². The van der Waals surface area contributed by atoms with Crippen molar-refractivity contribution in [1.29, 1.82) is 5.26 Å². The fourth-order valence-electron chi connectivity index (χ4n) is 3.93. The molecule has 1 amide bonds. The molecule has 0 aliphatic heterocycles. The molecule has 9 heteroatoms. The fourth-order valence-corrected chi connectivity index (χ4v) is 4.67. The molecule has 0 radical (unpaired) electrons. The van der Waals surface area contributed by atoms with Crippen molar-refractivity contribution in [2.45, 2.75) is 51.2 Å². The summed E-state index contributed by atoms with van der Waals surface area (Å²) in [5, 5.41) is 22.1. The summed E-state index contributed by atoms with van der Waals surface area (Å²) in [6.07, 6.45) is 0. The highest BCUT2D eigenvalue weighted by Gasteiger charge is 2.30. The summed E-state index contributed by atoms with van der Waals surface area (Å²) in [7, 11) is 0. The molecule has 2 heterocycles. The minimum Gasteiger partial charge on any atom is -0.337 e. The van der Waals surface area contributed by atoms with Crippen LogP contribution in [-0.2, 0) is 4.79 Å². The molecular weight excluding hydrogens is 460 g/mol. The molecule has 0 saturated carbocycles. The first-order valence-electron chi connectivity index (χ1n) is 11.5. The Morgan fingerprint density at radius 3 is 2.49 bits per heavy atom. The number of nitrogens with one attached hydrogen (secondary N) is 1. The summed E-state index contributed by atoms with van der Waals surface area (Å²) >= 11 is 1.22. The van der Waals surface area contributed by atoms with Crippen LogP contribution in [0.25, 0.3) is 22.4 Å². The van der Waals surface area contributed by atoms with Crippen molar-refractivity contribution in [3.05, 3.63) is 64.4 Å². The van der Waals surface area contributed by atoms with Gasteiger partial charge in [-0.15, -0.1) is 10.2 Å². The van der Waals surface area contributed by atoms with Gasteiger partial charge in [-0.05, 0) is 42.5 Å². The summed E-state index contributed by atoms with van der Waals surface area (Å²) in [6, 6.07) is 17.3. The molecule has 2 aromatic heterocycles. The molecule has 0 aliphatic carbocycles. The van der Waals surface area contributed by atoms with E-state index in [0.717, 1.165) is 11.3 Å². The fraction of sp³-hybridized carbons (Fsp3) is 0.346. The van der Waals surface area contributed by atoms with E-state index < -0.39 is 5.54 Å². The van der Waals surface area contributed by atoms with Gasteiger partial charge in [0.1, 0.15) is 5.54 Å². The van der Waals surface area contributed by atoms with Crippen molar-refractivity contribution < 1.29 is 4.79 Å². The molecule has 35 heavy (non-hydrogen) atoms. The number of fused-ring (bicyclic) bond motifs is 3. The lowest BCUT2D eigenvalue weighted by Crippen LogP contribution is -2.49. The summed E-state index contributed by atoms with van der Waals surface area (Å²) in [6.45, 7) is 9.66. The van der Waals surface area contributed by atoms with Gasteiger partial charge >= 0.3 is 0 Å². The van der Waals surface area contributed by atoms with E-state index in [0.29, 0.717) is 21.8 Å². The van der Waals surface area contributed by atoms with Gasteiger partial charge in [0, 0.05) is 0 Å². The number of amides is 1. The highest BCUT2D eigenvalue weighted by atomic mass is 32.2. The van der Waals surface area contributed by atoms with Gasteiger partial charge in [0.05, 0.1) is 28.4 Å². The average molecular weight is 489 g/mol. The monoisotopic (exact) mass is 488 g/mol. The van der Waals surface area contributed by atoms with Gasteiger partial charge in [-0.25, -0.2) is 4.57 Å². The normalized spacial score (nSPS) is 13.3. The van der Waals surface area contributed by atoms with Crippen LogP contribution in [0.1, 0.15) is 46.1 Å². The van der Waals surface area contributed by atoms with Crippen molar-refractivity contribution in [2.75, 3.05) is 5.75 Å². The van der Waals surface area contributed by atoms with Crippen molar-refractivity contribution in [1.82, 2.24) is 24.5 Å². The van der Waals surface area contributed by atoms with Crippen molar-refractivity contribution >= 4 is 34.3 Å². The van der Waals surface area contributed by atoms with E-state index >= 15 is 0 Å². The van der Waals surface area contributed by atoms with E-state index in [1.807, 2.05) is 60.7 Å². The van der Waals surface area contributed by atoms with E-state index in [9.17, 15) is 14.9 Å². The molecule has 180 valence electrons. The highest BCUT2D eigenvalue weighted by Crippen LogP contribution is 2.27. The Bertz CT molecular complexity index is 1510. The molecule has 2 aromatic carbocycles. The van der Waals surface area contributed by atoms with Crippen LogP contribution >= 0.6 is 11.8 Å². The number of nitriles is 1. The number of aromatic nitrogens is 4. The minimum absolute atomic E-state index is 0.0465. The predicted octanol–water partition coefficient (Wildman–Crippen LogP) is 4.30. The third kappa shape index (κ3) is 4.42. The Morgan fingerprint density at radius 2 is 1.80 bits per heavy atom. The van der Waals surface area contributed by atoms with Gasteiger partial charge in [-0.1, -0.05) is 69.8 Å². The second-order valence-electron chi connectivity index (χ2n) is 9.29. The highest BCUT2D eigenvalue weighted by molar-refractivity contribution is 7.99. The number of para-hydroxylation sites is 2. The second-order valence-corrected chi connectivity index (χ2v) is 10.2. The largest absolute Gasteiger partial charge is 0.337 e. The first-order chi connectivity index (χ1) is 16.7. The van der Waals surface area contributed by atoms with Crippen LogP contribution in [-0.4, -0.2) is 36.4 Å². The summed E-state index contributed by atoms with van der Waals surface area (Å²) in [5.74, 6) is 0.317. The zero-order valence-corrected chi connectivity index (χ0v) is 21.3. The van der Waals surface area contributed by atoms with Gasteiger partial charge in [-0.3, -0.25) is 14.0 Å². The van der Waals surface area contributed by atoms with E-state index in [4.69, 9.17) is 0 Å². The molecule has 4 aromatic rings. The molecule has 8 nitrogen and oxygen atoms in total. The SMILES string of the molecule is CC(C)c1ccccc1-n1c(=O)c2ccccc2n2c(SCC(=O)NC(C)(C#N)C(C)C)nnc12. The maximum atomic E-state index is 13.6. The summed E-state index contributed by atoms with van der Waals surface area (Å²) in [4.78, 5) is 26.3. The molecule has 0 aliphatic rings. The van der Waals surface area contributed by atoms with Crippen LogP contribution in [0.2, 0.25) is 0 Å². The molecule has 0 saturated heterocycles. The van der Waals surface area contributed by atoms with Crippen molar-refractivity contribution in [3.8, 4) is 11.8 Å². The Balaban J connectivity index is 1.83.